The molecule has 0 saturated heterocycles. The first-order chi connectivity index (χ1) is 13.2. The Kier molecular flexibility index (Phi) is 6.44. The summed E-state index contributed by atoms with van der Waals surface area (Å²) < 4.78 is 5.20. The topological polar surface area (TPSA) is 62.3 Å². The van der Waals surface area contributed by atoms with Crippen LogP contribution in [0.15, 0.2) is 48.5 Å². The highest BCUT2D eigenvalue weighted by Gasteiger charge is 2.07. The van der Waals surface area contributed by atoms with Crippen molar-refractivity contribution < 1.29 is 4.74 Å². The molecule has 0 fully saturated rings. The molecule has 3 aromatic rings. The van der Waals surface area contributed by atoms with Gasteiger partial charge in [0, 0.05) is 25.0 Å². The van der Waals surface area contributed by atoms with Gasteiger partial charge in [0.1, 0.15) is 11.6 Å². The minimum absolute atomic E-state index is 0.648. The lowest BCUT2D eigenvalue weighted by atomic mass is 10.1. The molecule has 6 heteroatoms. The first-order valence-electron chi connectivity index (χ1n) is 9.18. The number of rotatable bonds is 9. The molecule has 3 rings (SSSR count). The second kappa shape index (κ2) is 9.19. The first kappa shape index (κ1) is 18.9. The largest absolute Gasteiger partial charge is 0.497 e. The third-order valence-corrected chi connectivity index (χ3v) is 4.31. The minimum atomic E-state index is 0.648. The lowest BCUT2D eigenvalue weighted by Crippen LogP contribution is -2.21. The van der Waals surface area contributed by atoms with E-state index in [1.165, 1.54) is 5.56 Å². The second-order valence-electron chi connectivity index (χ2n) is 6.67. The maximum atomic E-state index is 5.20. The molecule has 27 heavy (non-hydrogen) atoms. The first-order valence-corrected chi connectivity index (χ1v) is 9.18. The van der Waals surface area contributed by atoms with Gasteiger partial charge >= 0.3 is 0 Å². The molecule has 0 aliphatic carbocycles. The Bertz CT molecular complexity index is 864. The summed E-state index contributed by atoms with van der Waals surface area (Å²) in [7, 11) is 5.80. The van der Waals surface area contributed by atoms with Crippen molar-refractivity contribution >= 4 is 22.7 Å². The molecule has 0 unspecified atom stereocenters. The number of aromatic nitrogens is 2. The lowest BCUT2D eigenvalue weighted by Gasteiger charge is -2.14. The fourth-order valence-corrected chi connectivity index (χ4v) is 2.80. The number of benzene rings is 2. The molecule has 0 bridgehead atoms. The molecular formula is C21H27N5O. The van der Waals surface area contributed by atoms with Gasteiger partial charge in [-0.1, -0.05) is 24.3 Å². The summed E-state index contributed by atoms with van der Waals surface area (Å²) >= 11 is 0. The summed E-state index contributed by atoms with van der Waals surface area (Å²) in [5, 5.41) is 7.82. The summed E-state index contributed by atoms with van der Waals surface area (Å²) in [4.78, 5) is 11.5. The van der Waals surface area contributed by atoms with Gasteiger partial charge < -0.3 is 20.3 Å². The fourth-order valence-electron chi connectivity index (χ4n) is 2.80. The molecule has 2 N–H and O–H groups in total. The maximum Gasteiger partial charge on any atom is 0.225 e. The molecular weight excluding hydrogens is 338 g/mol. The van der Waals surface area contributed by atoms with Crippen molar-refractivity contribution in [1.29, 1.82) is 0 Å². The van der Waals surface area contributed by atoms with Gasteiger partial charge in [0.25, 0.3) is 0 Å². The Morgan fingerprint density at radius 3 is 2.44 bits per heavy atom. The number of nitrogens with one attached hydrogen (secondary N) is 2. The van der Waals surface area contributed by atoms with Crippen LogP contribution < -0.4 is 15.4 Å². The number of methoxy groups -OCH3 is 1. The molecule has 1 aromatic heterocycles. The molecule has 1 heterocycles. The SMILES string of the molecule is COc1ccc(CCNc2nc(NCCN(C)C)c3ccccc3n2)cc1. The summed E-state index contributed by atoms with van der Waals surface area (Å²) in [5.41, 5.74) is 2.18. The quantitative estimate of drug-likeness (QED) is 0.607. The minimum Gasteiger partial charge on any atom is -0.497 e. The highest BCUT2D eigenvalue weighted by molar-refractivity contribution is 5.90. The van der Waals surface area contributed by atoms with Crippen molar-refractivity contribution in [2.24, 2.45) is 0 Å². The van der Waals surface area contributed by atoms with E-state index in [0.717, 1.165) is 48.5 Å². The predicted octanol–water partition coefficient (Wildman–Crippen LogP) is 3.27. The number of fused-ring (bicyclic) bond motifs is 1. The number of para-hydroxylation sites is 1. The van der Waals surface area contributed by atoms with Gasteiger partial charge in [-0.2, -0.15) is 4.98 Å². The van der Waals surface area contributed by atoms with Crippen molar-refractivity contribution in [3.05, 3.63) is 54.1 Å². The third kappa shape index (κ3) is 5.31. The molecule has 0 amide bonds. The Morgan fingerprint density at radius 2 is 1.70 bits per heavy atom. The van der Waals surface area contributed by atoms with E-state index < -0.39 is 0 Å². The average molecular weight is 365 g/mol. The number of hydrogen-bond acceptors (Lipinski definition) is 6. The molecule has 0 aliphatic rings. The van der Waals surface area contributed by atoms with E-state index in [0.29, 0.717) is 5.95 Å². The predicted molar refractivity (Wildman–Crippen MR) is 112 cm³/mol. The van der Waals surface area contributed by atoms with Crippen LogP contribution in [-0.4, -0.2) is 55.7 Å². The summed E-state index contributed by atoms with van der Waals surface area (Å²) in [6.45, 7) is 2.54. The van der Waals surface area contributed by atoms with Crippen LogP contribution in [0, 0.1) is 0 Å². The Labute approximate surface area is 160 Å². The van der Waals surface area contributed by atoms with Crippen LogP contribution in [0.4, 0.5) is 11.8 Å². The normalized spacial score (nSPS) is 11.0. The molecule has 0 spiro atoms. The van der Waals surface area contributed by atoms with Crippen molar-refractivity contribution in [2.75, 3.05) is 51.5 Å². The Hall–Kier alpha value is -2.86. The Morgan fingerprint density at radius 1 is 0.926 bits per heavy atom. The highest BCUT2D eigenvalue weighted by atomic mass is 16.5. The van der Waals surface area contributed by atoms with Crippen LogP contribution in [0.25, 0.3) is 10.9 Å². The number of ether oxygens (including phenoxy) is 1. The zero-order valence-corrected chi connectivity index (χ0v) is 16.2. The number of nitrogens with zero attached hydrogens (tertiary/aromatic N) is 3. The average Bonchev–Trinajstić information content (AvgIpc) is 2.68. The van der Waals surface area contributed by atoms with Gasteiger partial charge in [0.2, 0.25) is 5.95 Å². The van der Waals surface area contributed by atoms with E-state index in [-0.39, 0.29) is 0 Å². The summed E-state index contributed by atoms with van der Waals surface area (Å²) in [6, 6.07) is 16.2. The van der Waals surface area contributed by atoms with E-state index in [1.54, 1.807) is 7.11 Å². The van der Waals surface area contributed by atoms with Crippen LogP contribution in [0.1, 0.15) is 5.56 Å². The van der Waals surface area contributed by atoms with Crippen molar-refractivity contribution in [1.82, 2.24) is 14.9 Å². The summed E-state index contributed by atoms with van der Waals surface area (Å²) in [5.74, 6) is 2.39. The smallest absolute Gasteiger partial charge is 0.225 e. The maximum absolute atomic E-state index is 5.20. The Balaban J connectivity index is 1.67. The van der Waals surface area contributed by atoms with Gasteiger partial charge in [-0.05, 0) is 50.3 Å². The van der Waals surface area contributed by atoms with Crippen LogP contribution in [-0.2, 0) is 6.42 Å². The summed E-state index contributed by atoms with van der Waals surface area (Å²) in [6.07, 6.45) is 0.892. The second-order valence-corrected chi connectivity index (χ2v) is 6.67. The zero-order chi connectivity index (χ0) is 19.1. The van der Waals surface area contributed by atoms with E-state index in [9.17, 15) is 0 Å². The number of hydrogen-bond donors (Lipinski definition) is 2. The molecule has 0 atom stereocenters. The van der Waals surface area contributed by atoms with Crippen molar-refractivity contribution in [2.45, 2.75) is 6.42 Å². The molecule has 6 nitrogen and oxygen atoms in total. The van der Waals surface area contributed by atoms with Crippen molar-refractivity contribution in [3.63, 3.8) is 0 Å². The highest BCUT2D eigenvalue weighted by Crippen LogP contribution is 2.21. The molecule has 0 radical (unpaired) electrons. The standard InChI is InChI=1S/C21H27N5O/c1-26(2)15-14-22-20-18-6-4-5-7-19(18)24-21(25-20)23-13-12-16-8-10-17(27-3)11-9-16/h4-11H,12-15H2,1-3H3,(H2,22,23,24,25). The van der Waals surface area contributed by atoms with E-state index in [4.69, 9.17) is 4.74 Å². The van der Waals surface area contributed by atoms with E-state index in [2.05, 4.69) is 57.8 Å². The van der Waals surface area contributed by atoms with Gasteiger partial charge in [0.05, 0.1) is 12.6 Å². The van der Waals surface area contributed by atoms with E-state index in [1.807, 2.05) is 30.3 Å². The molecule has 2 aromatic carbocycles. The monoisotopic (exact) mass is 365 g/mol. The zero-order valence-electron chi connectivity index (χ0n) is 16.2. The molecule has 142 valence electrons. The van der Waals surface area contributed by atoms with Gasteiger partial charge in [0.15, 0.2) is 0 Å². The van der Waals surface area contributed by atoms with Gasteiger partial charge in [-0.15, -0.1) is 0 Å². The molecule has 0 aliphatic heterocycles. The van der Waals surface area contributed by atoms with Crippen molar-refractivity contribution in [3.8, 4) is 5.75 Å². The number of anilines is 2. The molecule has 0 saturated carbocycles. The lowest BCUT2D eigenvalue weighted by molar-refractivity contribution is 0.414. The van der Waals surface area contributed by atoms with Crippen LogP contribution in [0.2, 0.25) is 0 Å². The number of likely N-dealkylation sites (N-methyl/N-ethyl adjacent to an activating group) is 1. The fraction of sp³-hybridized carbons (Fsp3) is 0.333. The van der Waals surface area contributed by atoms with Crippen LogP contribution in [0.3, 0.4) is 0 Å². The van der Waals surface area contributed by atoms with Crippen LogP contribution in [0.5, 0.6) is 5.75 Å². The van der Waals surface area contributed by atoms with Gasteiger partial charge in [-0.3, -0.25) is 0 Å². The van der Waals surface area contributed by atoms with E-state index >= 15 is 0 Å². The van der Waals surface area contributed by atoms with Gasteiger partial charge in [-0.25, -0.2) is 4.98 Å². The third-order valence-electron chi connectivity index (χ3n) is 4.31. The van der Waals surface area contributed by atoms with Crippen LogP contribution >= 0.6 is 0 Å².